The largest absolute Gasteiger partial charge is 0.495 e. The zero-order valence-electron chi connectivity index (χ0n) is 16.7. The molecule has 0 aliphatic carbocycles. The normalized spacial score (nSPS) is 11.3. The molecule has 158 valence electrons. The van der Waals surface area contributed by atoms with Gasteiger partial charge in [0.25, 0.3) is 5.91 Å². The average Bonchev–Trinajstić information content (AvgIpc) is 3.29. The fourth-order valence-corrected chi connectivity index (χ4v) is 4.04. The Labute approximate surface area is 175 Å². The van der Waals surface area contributed by atoms with E-state index < -0.39 is 10.0 Å². The molecule has 0 saturated heterocycles. The lowest BCUT2D eigenvalue weighted by atomic mass is 10.2. The number of sulfonamides is 1. The molecule has 0 atom stereocenters. The predicted octanol–water partition coefficient (Wildman–Crippen LogP) is 2.66. The lowest BCUT2D eigenvalue weighted by Gasteiger charge is -2.13. The van der Waals surface area contributed by atoms with E-state index in [2.05, 4.69) is 10.0 Å². The first-order valence-corrected chi connectivity index (χ1v) is 10.6. The summed E-state index contributed by atoms with van der Waals surface area (Å²) in [6, 6.07) is 15.4. The van der Waals surface area contributed by atoms with Crippen LogP contribution in [0.25, 0.3) is 5.69 Å². The predicted molar refractivity (Wildman–Crippen MR) is 114 cm³/mol. The standard InChI is InChI=1S/C21H23N3O5S/c1-28-13-10-22-30(26,27)20-15-17(8-9-19(20)29-2)23-21(25)16-6-5-7-18(14-16)24-11-3-4-12-24/h3-9,11-12,14-15,22H,10,13H2,1-2H3,(H,23,25). The molecule has 8 nitrogen and oxygen atoms in total. The fraction of sp³-hybridized carbons (Fsp3) is 0.190. The maximum atomic E-state index is 12.7. The van der Waals surface area contributed by atoms with E-state index in [1.807, 2.05) is 35.2 Å². The highest BCUT2D eigenvalue weighted by atomic mass is 32.2. The van der Waals surface area contributed by atoms with Gasteiger partial charge in [-0.3, -0.25) is 4.79 Å². The van der Waals surface area contributed by atoms with E-state index in [4.69, 9.17) is 9.47 Å². The van der Waals surface area contributed by atoms with Crippen LogP contribution in [0.2, 0.25) is 0 Å². The van der Waals surface area contributed by atoms with Gasteiger partial charge in [0.05, 0.1) is 13.7 Å². The molecule has 1 aromatic heterocycles. The molecule has 0 bridgehead atoms. The second kappa shape index (κ2) is 9.57. The van der Waals surface area contributed by atoms with E-state index in [9.17, 15) is 13.2 Å². The summed E-state index contributed by atoms with van der Waals surface area (Å²) >= 11 is 0. The van der Waals surface area contributed by atoms with Crippen molar-refractivity contribution in [2.75, 3.05) is 32.7 Å². The molecule has 3 rings (SSSR count). The van der Waals surface area contributed by atoms with Gasteiger partial charge in [0.2, 0.25) is 10.0 Å². The van der Waals surface area contributed by atoms with Crippen molar-refractivity contribution >= 4 is 21.6 Å². The molecule has 1 heterocycles. The third-order valence-electron chi connectivity index (χ3n) is 4.32. The maximum Gasteiger partial charge on any atom is 0.255 e. The van der Waals surface area contributed by atoms with E-state index in [0.29, 0.717) is 11.3 Å². The Bertz CT molecular complexity index is 1110. The average molecular weight is 429 g/mol. The summed E-state index contributed by atoms with van der Waals surface area (Å²) in [5, 5.41) is 2.74. The van der Waals surface area contributed by atoms with Crippen LogP contribution in [0.5, 0.6) is 5.75 Å². The minimum Gasteiger partial charge on any atom is -0.495 e. The number of ether oxygens (including phenoxy) is 2. The zero-order chi connectivity index (χ0) is 21.6. The Morgan fingerprint density at radius 3 is 2.50 bits per heavy atom. The van der Waals surface area contributed by atoms with Crippen LogP contribution in [0.1, 0.15) is 10.4 Å². The molecule has 30 heavy (non-hydrogen) atoms. The Morgan fingerprint density at radius 2 is 1.80 bits per heavy atom. The zero-order valence-corrected chi connectivity index (χ0v) is 17.5. The number of anilines is 1. The van der Waals surface area contributed by atoms with Crippen molar-refractivity contribution in [1.29, 1.82) is 0 Å². The van der Waals surface area contributed by atoms with Crippen molar-refractivity contribution in [3.05, 3.63) is 72.6 Å². The molecule has 0 radical (unpaired) electrons. The van der Waals surface area contributed by atoms with Crippen LogP contribution in [0.15, 0.2) is 71.9 Å². The quantitative estimate of drug-likeness (QED) is 0.510. The van der Waals surface area contributed by atoms with E-state index >= 15 is 0 Å². The number of carbonyl (C=O) groups excluding carboxylic acids is 1. The van der Waals surface area contributed by atoms with Gasteiger partial charge in [-0.1, -0.05) is 6.07 Å². The fourth-order valence-electron chi connectivity index (χ4n) is 2.84. The molecule has 0 aliphatic heterocycles. The molecule has 0 spiro atoms. The number of rotatable bonds is 9. The van der Waals surface area contributed by atoms with Gasteiger partial charge in [0.15, 0.2) is 0 Å². The van der Waals surface area contributed by atoms with Crippen LogP contribution >= 0.6 is 0 Å². The Balaban J connectivity index is 1.83. The van der Waals surface area contributed by atoms with Crippen LogP contribution in [-0.2, 0) is 14.8 Å². The van der Waals surface area contributed by atoms with Crippen molar-refractivity contribution in [1.82, 2.24) is 9.29 Å². The van der Waals surface area contributed by atoms with Gasteiger partial charge >= 0.3 is 0 Å². The van der Waals surface area contributed by atoms with Gasteiger partial charge in [-0.2, -0.15) is 0 Å². The maximum absolute atomic E-state index is 12.7. The topological polar surface area (TPSA) is 98.7 Å². The highest BCUT2D eigenvalue weighted by Crippen LogP contribution is 2.27. The number of hydrogen-bond donors (Lipinski definition) is 2. The van der Waals surface area contributed by atoms with Crippen molar-refractivity contribution in [3.63, 3.8) is 0 Å². The Morgan fingerprint density at radius 1 is 1.03 bits per heavy atom. The number of amides is 1. The van der Waals surface area contributed by atoms with Gasteiger partial charge in [0, 0.05) is 43.0 Å². The number of benzene rings is 2. The summed E-state index contributed by atoms with van der Waals surface area (Å²) in [6.45, 7) is 0.348. The number of hydrogen-bond acceptors (Lipinski definition) is 5. The van der Waals surface area contributed by atoms with E-state index in [1.165, 1.54) is 26.4 Å². The molecule has 0 unspecified atom stereocenters. The smallest absolute Gasteiger partial charge is 0.255 e. The molecule has 0 saturated carbocycles. The van der Waals surface area contributed by atoms with Gasteiger partial charge in [-0.05, 0) is 48.5 Å². The van der Waals surface area contributed by atoms with Crippen LogP contribution < -0.4 is 14.8 Å². The molecule has 9 heteroatoms. The lowest BCUT2D eigenvalue weighted by molar-refractivity contribution is 0.102. The summed E-state index contributed by atoms with van der Waals surface area (Å²) in [7, 11) is -0.978. The van der Waals surface area contributed by atoms with Gasteiger partial charge in [0.1, 0.15) is 10.6 Å². The number of nitrogens with zero attached hydrogens (tertiary/aromatic N) is 1. The van der Waals surface area contributed by atoms with Crippen LogP contribution in [-0.4, -0.2) is 46.3 Å². The molecular formula is C21H23N3O5S. The number of methoxy groups -OCH3 is 2. The Kier molecular flexibility index (Phi) is 6.88. The van der Waals surface area contributed by atoms with Gasteiger partial charge < -0.3 is 19.4 Å². The third kappa shape index (κ3) is 5.07. The highest BCUT2D eigenvalue weighted by molar-refractivity contribution is 7.89. The summed E-state index contributed by atoms with van der Waals surface area (Å²) in [5.41, 5.74) is 1.62. The van der Waals surface area contributed by atoms with Crippen LogP contribution in [0, 0.1) is 0 Å². The minimum atomic E-state index is -3.84. The lowest BCUT2D eigenvalue weighted by Crippen LogP contribution is -2.27. The summed E-state index contributed by atoms with van der Waals surface area (Å²) in [6.07, 6.45) is 3.77. The number of aromatic nitrogens is 1. The van der Waals surface area contributed by atoms with Gasteiger partial charge in [-0.25, -0.2) is 13.1 Å². The van der Waals surface area contributed by atoms with E-state index in [0.717, 1.165) is 5.69 Å². The molecule has 0 fully saturated rings. The van der Waals surface area contributed by atoms with E-state index in [-0.39, 0.29) is 29.7 Å². The van der Waals surface area contributed by atoms with Gasteiger partial charge in [-0.15, -0.1) is 0 Å². The molecule has 3 aromatic rings. The monoisotopic (exact) mass is 429 g/mol. The third-order valence-corrected chi connectivity index (χ3v) is 5.80. The van der Waals surface area contributed by atoms with Crippen molar-refractivity contribution in [2.24, 2.45) is 0 Å². The first-order chi connectivity index (χ1) is 14.4. The summed E-state index contributed by atoms with van der Waals surface area (Å²) in [4.78, 5) is 12.7. The summed E-state index contributed by atoms with van der Waals surface area (Å²) in [5.74, 6) is -0.183. The second-order valence-corrected chi connectivity index (χ2v) is 8.09. The number of nitrogens with one attached hydrogen (secondary N) is 2. The van der Waals surface area contributed by atoms with Crippen molar-refractivity contribution < 1.29 is 22.7 Å². The van der Waals surface area contributed by atoms with Crippen LogP contribution in [0.3, 0.4) is 0 Å². The molecule has 0 aliphatic rings. The Hall–Kier alpha value is -3.14. The number of carbonyl (C=O) groups is 1. The van der Waals surface area contributed by atoms with E-state index in [1.54, 1.807) is 24.3 Å². The van der Waals surface area contributed by atoms with Crippen molar-refractivity contribution in [3.8, 4) is 11.4 Å². The first-order valence-electron chi connectivity index (χ1n) is 9.16. The highest BCUT2D eigenvalue weighted by Gasteiger charge is 2.20. The first kappa shape index (κ1) is 21.6. The summed E-state index contributed by atoms with van der Waals surface area (Å²) < 4.78 is 39.6. The van der Waals surface area contributed by atoms with Crippen molar-refractivity contribution in [2.45, 2.75) is 4.90 Å². The SMILES string of the molecule is COCCNS(=O)(=O)c1cc(NC(=O)c2cccc(-n3cccc3)c2)ccc1OC. The molecule has 1 amide bonds. The second-order valence-electron chi connectivity index (χ2n) is 6.35. The molecular weight excluding hydrogens is 406 g/mol. The van der Waals surface area contributed by atoms with Crippen LogP contribution in [0.4, 0.5) is 5.69 Å². The molecule has 2 aromatic carbocycles. The molecule has 2 N–H and O–H groups in total. The minimum absolute atomic E-state index is 0.0694.